The molecule has 0 aromatic rings. The van der Waals surface area contributed by atoms with Crippen LogP contribution in [0.1, 0.15) is 72.1 Å². The normalized spacial score (nSPS) is 50.7. The van der Waals surface area contributed by atoms with Crippen LogP contribution in [0.5, 0.6) is 0 Å². The highest BCUT2D eigenvalue weighted by Gasteiger charge is 2.65. The molecule has 1 heterocycles. The van der Waals surface area contributed by atoms with E-state index in [2.05, 4.69) is 19.9 Å². The van der Waals surface area contributed by atoms with Gasteiger partial charge >= 0.3 is 0 Å². The largest absolute Gasteiger partial charge is 0.382 e. The fraction of sp³-hybridized carbons (Fsp3) is 0.870. The van der Waals surface area contributed by atoms with Gasteiger partial charge in [-0.25, -0.2) is 0 Å². The smallest absolute Gasteiger partial charge is 0.172 e. The number of carbonyl (C=O) groups is 1. The zero-order valence-corrected chi connectivity index (χ0v) is 17.1. The van der Waals surface area contributed by atoms with Crippen molar-refractivity contribution in [2.45, 2.75) is 83.5 Å². The number of hydrogen-bond donors (Lipinski definition) is 1. The number of carbonyl (C=O) groups excluding carboxylic acids is 1. The van der Waals surface area contributed by atoms with Crippen molar-refractivity contribution in [1.82, 2.24) is 0 Å². The molecule has 6 atom stereocenters. The van der Waals surface area contributed by atoms with Crippen molar-refractivity contribution >= 4 is 5.78 Å². The predicted molar refractivity (Wildman–Crippen MR) is 102 cm³/mol. The van der Waals surface area contributed by atoms with Gasteiger partial charge < -0.3 is 14.6 Å². The van der Waals surface area contributed by atoms with Crippen LogP contribution in [0.2, 0.25) is 0 Å². The van der Waals surface area contributed by atoms with E-state index in [1.54, 1.807) is 12.5 Å². The Balaban J connectivity index is 1.46. The predicted octanol–water partition coefficient (Wildman–Crippen LogP) is 4.01. The minimum absolute atomic E-state index is 0.0284. The van der Waals surface area contributed by atoms with Crippen molar-refractivity contribution in [2.75, 3.05) is 13.2 Å². The molecule has 3 unspecified atom stereocenters. The van der Waals surface area contributed by atoms with E-state index in [4.69, 9.17) is 9.47 Å². The van der Waals surface area contributed by atoms with Crippen LogP contribution < -0.4 is 0 Å². The number of fused-ring (bicyclic) bond motifs is 5. The van der Waals surface area contributed by atoms with E-state index >= 15 is 0 Å². The molecule has 3 saturated carbocycles. The Hall–Kier alpha value is -0.710. The van der Waals surface area contributed by atoms with Gasteiger partial charge in [0.15, 0.2) is 11.6 Å². The van der Waals surface area contributed by atoms with Crippen molar-refractivity contribution in [3.05, 3.63) is 11.6 Å². The van der Waals surface area contributed by atoms with Gasteiger partial charge in [-0.3, -0.25) is 4.79 Å². The average Bonchev–Trinajstić information content (AvgIpc) is 3.19. The SMILES string of the molecule is CC(=O)[C@@]1(O)CCC2C3CC=C4CC5(CC[C@]4(C)C3CC[C@@]21C)OCCO5. The van der Waals surface area contributed by atoms with E-state index in [0.29, 0.717) is 24.2 Å². The number of allylic oxidation sites excluding steroid dienone is 1. The van der Waals surface area contributed by atoms with E-state index in [-0.39, 0.29) is 22.4 Å². The Bertz CT molecular complexity index is 692. The molecule has 5 aliphatic rings. The molecule has 5 rings (SSSR count). The van der Waals surface area contributed by atoms with Gasteiger partial charge in [-0.1, -0.05) is 25.5 Å². The highest BCUT2D eigenvalue weighted by atomic mass is 16.7. The first-order valence-corrected chi connectivity index (χ1v) is 11.0. The summed E-state index contributed by atoms with van der Waals surface area (Å²) >= 11 is 0. The molecule has 4 heteroatoms. The van der Waals surface area contributed by atoms with Crippen LogP contribution in [0.25, 0.3) is 0 Å². The maximum absolute atomic E-state index is 12.3. The standard InChI is InChI=1S/C23H34O4/c1-15(24)23(25)9-7-19-17-5-4-16-14-22(26-12-13-27-22)11-10-20(16,2)18(17)6-8-21(19,23)3/h4,17-19,25H,5-14H2,1-3H3/t17?,18?,19?,20-,21-,23-/m0/s1. The first kappa shape index (κ1) is 18.3. The summed E-state index contributed by atoms with van der Waals surface area (Å²) in [6, 6.07) is 0. The Kier molecular flexibility index (Phi) is 3.85. The molecular weight excluding hydrogens is 340 g/mol. The molecule has 27 heavy (non-hydrogen) atoms. The first-order valence-electron chi connectivity index (χ1n) is 11.0. The van der Waals surface area contributed by atoms with Crippen LogP contribution in [0, 0.1) is 28.6 Å². The van der Waals surface area contributed by atoms with Crippen LogP contribution in [0.15, 0.2) is 11.6 Å². The molecule has 1 aliphatic heterocycles. The van der Waals surface area contributed by atoms with Gasteiger partial charge in [0, 0.05) is 18.3 Å². The third-order valence-electron chi connectivity index (χ3n) is 9.66. The molecule has 1 saturated heterocycles. The Morgan fingerprint density at radius 1 is 1.07 bits per heavy atom. The summed E-state index contributed by atoms with van der Waals surface area (Å²) in [5, 5.41) is 11.3. The van der Waals surface area contributed by atoms with Crippen molar-refractivity contribution in [3.8, 4) is 0 Å². The molecule has 4 fully saturated rings. The molecule has 0 bridgehead atoms. The molecule has 4 nitrogen and oxygen atoms in total. The van der Waals surface area contributed by atoms with Gasteiger partial charge in [0.05, 0.1) is 13.2 Å². The highest BCUT2D eigenvalue weighted by molar-refractivity contribution is 5.86. The number of rotatable bonds is 1. The topological polar surface area (TPSA) is 55.8 Å². The lowest BCUT2D eigenvalue weighted by molar-refractivity contribution is -0.188. The van der Waals surface area contributed by atoms with Crippen LogP contribution in [-0.4, -0.2) is 35.5 Å². The second kappa shape index (κ2) is 5.67. The average molecular weight is 375 g/mol. The van der Waals surface area contributed by atoms with E-state index in [0.717, 1.165) is 58.2 Å². The number of hydrogen-bond acceptors (Lipinski definition) is 4. The van der Waals surface area contributed by atoms with Gasteiger partial charge in [-0.15, -0.1) is 0 Å². The minimum atomic E-state index is -1.12. The summed E-state index contributed by atoms with van der Waals surface area (Å²) in [6.07, 6.45) is 10.3. The summed E-state index contributed by atoms with van der Waals surface area (Å²) in [5.41, 5.74) is 0.396. The summed E-state index contributed by atoms with van der Waals surface area (Å²) in [4.78, 5) is 12.3. The molecular formula is C23H34O4. The minimum Gasteiger partial charge on any atom is -0.382 e. The number of aliphatic hydroxyl groups is 1. The lowest BCUT2D eigenvalue weighted by Crippen LogP contribution is -2.57. The Morgan fingerprint density at radius 3 is 2.48 bits per heavy atom. The van der Waals surface area contributed by atoms with E-state index in [9.17, 15) is 9.90 Å². The number of Topliss-reactive ketones (excluding diaryl/α,β-unsaturated/α-hetero) is 1. The first-order chi connectivity index (χ1) is 12.7. The second-order valence-corrected chi connectivity index (χ2v) is 10.5. The van der Waals surface area contributed by atoms with Crippen LogP contribution in [0.4, 0.5) is 0 Å². The van der Waals surface area contributed by atoms with E-state index < -0.39 is 5.60 Å². The zero-order chi connectivity index (χ0) is 19.1. The quantitative estimate of drug-likeness (QED) is 0.705. The van der Waals surface area contributed by atoms with Gasteiger partial charge in [0.1, 0.15) is 5.60 Å². The zero-order valence-electron chi connectivity index (χ0n) is 17.1. The summed E-state index contributed by atoms with van der Waals surface area (Å²) < 4.78 is 12.0. The van der Waals surface area contributed by atoms with Crippen molar-refractivity contribution < 1.29 is 19.4 Å². The van der Waals surface area contributed by atoms with Gasteiger partial charge in [-0.05, 0) is 68.6 Å². The van der Waals surface area contributed by atoms with Crippen LogP contribution in [0.3, 0.4) is 0 Å². The Morgan fingerprint density at radius 2 is 1.78 bits per heavy atom. The highest BCUT2D eigenvalue weighted by Crippen LogP contribution is 2.68. The Labute approximate surface area is 162 Å². The molecule has 0 aromatic heterocycles. The van der Waals surface area contributed by atoms with Gasteiger partial charge in [0.2, 0.25) is 0 Å². The summed E-state index contributed by atoms with van der Waals surface area (Å²) in [6.45, 7) is 7.69. The number of ketones is 1. The monoisotopic (exact) mass is 374 g/mol. The molecule has 0 aromatic carbocycles. The second-order valence-electron chi connectivity index (χ2n) is 10.5. The van der Waals surface area contributed by atoms with Crippen molar-refractivity contribution in [1.29, 1.82) is 0 Å². The molecule has 0 radical (unpaired) electrons. The van der Waals surface area contributed by atoms with E-state index in [1.807, 2.05) is 0 Å². The fourth-order valence-corrected chi connectivity index (χ4v) is 7.94. The molecule has 1 spiro atoms. The third-order valence-corrected chi connectivity index (χ3v) is 9.66. The van der Waals surface area contributed by atoms with Crippen LogP contribution >= 0.6 is 0 Å². The molecule has 4 aliphatic carbocycles. The summed E-state index contributed by atoms with van der Waals surface area (Å²) in [5.74, 6) is 1.31. The lowest BCUT2D eigenvalue weighted by Gasteiger charge is -2.59. The molecule has 150 valence electrons. The van der Waals surface area contributed by atoms with Gasteiger partial charge in [0.25, 0.3) is 0 Å². The molecule has 0 amide bonds. The van der Waals surface area contributed by atoms with Crippen molar-refractivity contribution in [3.63, 3.8) is 0 Å². The third kappa shape index (κ3) is 2.24. The lowest BCUT2D eigenvalue weighted by atomic mass is 9.46. The maximum Gasteiger partial charge on any atom is 0.172 e. The van der Waals surface area contributed by atoms with E-state index in [1.165, 1.54) is 0 Å². The molecule has 1 N–H and O–H groups in total. The fourth-order valence-electron chi connectivity index (χ4n) is 7.94. The maximum atomic E-state index is 12.3. The number of ether oxygens (including phenoxy) is 2. The van der Waals surface area contributed by atoms with Crippen molar-refractivity contribution in [2.24, 2.45) is 28.6 Å². The summed E-state index contributed by atoms with van der Waals surface area (Å²) in [7, 11) is 0. The van der Waals surface area contributed by atoms with Crippen LogP contribution in [-0.2, 0) is 14.3 Å². The van der Waals surface area contributed by atoms with Gasteiger partial charge in [-0.2, -0.15) is 0 Å².